The quantitative estimate of drug-likeness (QED) is 0.195. The minimum atomic E-state index is -0.764. The molecule has 0 heterocycles. The van der Waals surface area contributed by atoms with Crippen LogP contribution >= 0.6 is 0 Å². The van der Waals surface area contributed by atoms with Crippen LogP contribution in [0, 0.1) is 46.6 Å². The molecule has 0 aromatic heterocycles. The van der Waals surface area contributed by atoms with Crippen LogP contribution in [0.2, 0.25) is 0 Å². The summed E-state index contributed by atoms with van der Waals surface area (Å²) in [6.07, 6.45) is 22.2. The standard InChI is InChI=1S/C29H38F3N/c30-27(21-33)9-3-1-2-6-22-10-15-25(16-11-22)26-17-12-23(13-18-26)7-4-5-8-24-14-19-28(31)29(32)20-24/h1,3,9,14,19-20,22-23,25-26H,2,4-8,10-13,15-18H2/b3-1+,27-9-. The van der Waals surface area contributed by atoms with E-state index in [1.807, 2.05) is 6.08 Å². The van der Waals surface area contributed by atoms with E-state index in [9.17, 15) is 13.2 Å². The monoisotopic (exact) mass is 457 g/mol. The highest BCUT2D eigenvalue weighted by Gasteiger charge is 2.30. The second kappa shape index (κ2) is 13.6. The lowest BCUT2D eigenvalue weighted by Crippen LogP contribution is -2.25. The number of hydrogen-bond acceptors (Lipinski definition) is 1. The molecule has 0 atom stereocenters. The van der Waals surface area contributed by atoms with Crippen molar-refractivity contribution in [2.45, 2.75) is 89.9 Å². The molecule has 0 radical (unpaired) electrons. The zero-order chi connectivity index (χ0) is 23.5. The van der Waals surface area contributed by atoms with Crippen molar-refractivity contribution in [2.24, 2.45) is 23.7 Å². The molecule has 0 amide bonds. The average molecular weight is 458 g/mol. The Balaban J connectivity index is 1.25. The molecule has 180 valence electrons. The van der Waals surface area contributed by atoms with E-state index in [0.717, 1.165) is 48.5 Å². The van der Waals surface area contributed by atoms with Gasteiger partial charge >= 0.3 is 0 Å². The summed E-state index contributed by atoms with van der Waals surface area (Å²) in [7, 11) is 0. The lowest BCUT2D eigenvalue weighted by Gasteiger charge is -2.38. The van der Waals surface area contributed by atoms with Crippen molar-refractivity contribution in [1.82, 2.24) is 0 Å². The molecule has 0 unspecified atom stereocenters. The molecule has 1 nitrogen and oxygen atoms in total. The van der Waals surface area contributed by atoms with Crippen LogP contribution in [0.25, 0.3) is 0 Å². The summed E-state index contributed by atoms with van der Waals surface area (Å²) in [6.45, 7) is 0. The van der Waals surface area contributed by atoms with Crippen molar-refractivity contribution < 1.29 is 13.2 Å². The summed E-state index contributed by atoms with van der Waals surface area (Å²) >= 11 is 0. The van der Waals surface area contributed by atoms with Crippen LogP contribution < -0.4 is 0 Å². The predicted molar refractivity (Wildman–Crippen MR) is 128 cm³/mol. The molecule has 4 heteroatoms. The van der Waals surface area contributed by atoms with Crippen LogP contribution in [0.15, 0.2) is 42.3 Å². The number of benzene rings is 1. The predicted octanol–water partition coefficient (Wildman–Crippen LogP) is 9.00. The molecule has 2 aliphatic carbocycles. The summed E-state index contributed by atoms with van der Waals surface area (Å²) < 4.78 is 39.1. The van der Waals surface area contributed by atoms with Gasteiger partial charge in [0, 0.05) is 0 Å². The summed E-state index contributed by atoms with van der Waals surface area (Å²) in [5.41, 5.74) is 0.897. The summed E-state index contributed by atoms with van der Waals surface area (Å²) in [5, 5.41) is 8.40. The number of unbranched alkanes of at least 4 members (excludes halogenated alkanes) is 1. The first-order valence-corrected chi connectivity index (χ1v) is 12.9. The lowest BCUT2D eigenvalue weighted by molar-refractivity contribution is 0.140. The molecule has 0 N–H and O–H groups in total. The largest absolute Gasteiger partial charge is 0.204 e. The van der Waals surface area contributed by atoms with Gasteiger partial charge < -0.3 is 0 Å². The van der Waals surface area contributed by atoms with Gasteiger partial charge in [-0.1, -0.05) is 56.7 Å². The number of nitrogens with zero attached hydrogens (tertiary/aromatic N) is 1. The Morgan fingerprint density at radius 1 is 0.879 bits per heavy atom. The number of nitriles is 1. The van der Waals surface area contributed by atoms with Crippen LogP contribution in [-0.2, 0) is 6.42 Å². The van der Waals surface area contributed by atoms with Crippen LogP contribution in [0.3, 0.4) is 0 Å². The van der Waals surface area contributed by atoms with E-state index >= 15 is 0 Å². The Morgan fingerprint density at radius 2 is 1.52 bits per heavy atom. The third-order valence-electron chi connectivity index (χ3n) is 7.99. The second-order valence-corrected chi connectivity index (χ2v) is 10.2. The number of aryl methyl sites for hydroxylation is 1. The topological polar surface area (TPSA) is 23.8 Å². The third-order valence-corrected chi connectivity index (χ3v) is 7.99. The molecule has 3 rings (SSSR count). The maximum Gasteiger partial charge on any atom is 0.199 e. The van der Waals surface area contributed by atoms with Gasteiger partial charge in [0.15, 0.2) is 17.5 Å². The average Bonchev–Trinajstić information content (AvgIpc) is 2.84. The fraction of sp³-hybridized carbons (Fsp3) is 0.621. The van der Waals surface area contributed by atoms with E-state index in [1.54, 1.807) is 12.1 Å². The van der Waals surface area contributed by atoms with Crippen molar-refractivity contribution in [3.8, 4) is 6.07 Å². The third kappa shape index (κ3) is 8.69. The molecule has 0 aliphatic heterocycles. The number of hydrogen-bond donors (Lipinski definition) is 0. The van der Waals surface area contributed by atoms with Gasteiger partial charge in [-0.15, -0.1) is 0 Å². The first kappa shape index (κ1) is 25.6. The van der Waals surface area contributed by atoms with Crippen LogP contribution in [0.4, 0.5) is 13.2 Å². The Bertz CT molecular complexity index is 822. The van der Waals surface area contributed by atoms with Gasteiger partial charge in [0.2, 0.25) is 0 Å². The number of halogens is 3. The van der Waals surface area contributed by atoms with Gasteiger partial charge in [0.25, 0.3) is 0 Å². The Kier molecular flexibility index (Phi) is 10.6. The number of allylic oxidation sites excluding steroid dienone is 4. The summed E-state index contributed by atoms with van der Waals surface area (Å²) in [6, 6.07) is 5.75. The summed E-state index contributed by atoms with van der Waals surface area (Å²) in [5.74, 6) is 1.21. The van der Waals surface area contributed by atoms with Crippen molar-refractivity contribution in [1.29, 1.82) is 5.26 Å². The zero-order valence-electron chi connectivity index (χ0n) is 19.8. The molecule has 2 aliphatic rings. The molecule has 1 aromatic carbocycles. The SMILES string of the molecule is N#C/C(F)=C/C=C/CCC1CCC(C2CCC(CCCCc3ccc(F)c(F)c3)CC2)CC1. The zero-order valence-corrected chi connectivity index (χ0v) is 19.8. The fourth-order valence-electron chi connectivity index (χ4n) is 5.97. The van der Waals surface area contributed by atoms with Gasteiger partial charge in [-0.25, -0.2) is 8.78 Å². The van der Waals surface area contributed by atoms with E-state index in [4.69, 9.17) is 5.26 Å². The Hall–Kier alpha value is -2.02. The molecule has 33 heavy (non-hydrogen) atoms. The van der Waals surface area contributed by atoms with Crippen LogP contribution in [0.5, 0.6) is 0 Å². The van der Waals surface area contributed by atoms with Crippen LogP contribution in [-0.4, -0.2) is 0 Å². The smallest absolute Gasteiger partial charge is 0.199 e. The first-order valence-electron chi connectivity index (χ1n) is 12.9. The highest BCUT2D eigenvalue weighted by molar-refractivity contribution is 5.19. The van der Waals surface area contributed by atoms with Crippen LogP contribution in [0.1, 0.15) is 89.0 Å². The highest BCUT2D eigenvalue weighted by atomic mass is 19.2. The Morgan fingerprint density at radius 3 is 2.12 bits per heavy atom. The van der Waals surface area contributed by atoms with Crippen molar-refractivity contribution in [2.75, 3.05) is 0 Å². The van der Waals surface area contributed by atoms with E-state index in [-0.39, 0.29) is 0 Å². The normalized spacial score (nSPS) is 26.4. The van der Waals surface area contributed by atoms with Gasteiger partial charge in [0.05, 0.1) is 0 Å². The molecule has 2 fully saturated rings. The van der Waals surface area contributed by atoms with Gasteiger partial charge in [-0.2, -0.15) is 9.65 Å². The van der Waals surface area contributed by atoms with E-state index < -0.39 is 17.5 Å². The maximum atomic E-state index is 13.3. The fourth-order valence-corrected chi connectivity index (χ4v) is 5.97. The van der Waals surface area contributed by atoms with Gasteiger partial charge in [-0.3, -0.25) is 0 Å². The minimum Gasteiger partial charge on any atom is -0.204 e. The molecular weight excluding hydrogens is 419 g/mol. The van der Waals surface area contributed by atoms with E-state index in [1.165, 1.54) is 94.9 Å². The van der Waals surface area contributed by atoms with E-state index in [2.05, 4.69) is 0 Å². The first-order chi connectivity index (χ1) is 16.0. The maximum absolute atomic E-state index is 13.3. The highest BCUT2D eigenvalue weighted by Crippen LogP contribution is 2.43. The summed E-state index contributed by atoms with van der Waals surface area (Å²) in [4.78, 5) is 0. The van der Waals surface area contributed by atoms with E-state index in [0.29, 0.717) is 0 Å². The molecule has 2 saturated carbocycles. The molecule has 0 bridgehead atoms. The molecular formula is C29H38F3N. The minimum absolute atomic E-state index is 0.733. The van der Waals surface area contributed by atoms with Gasteiger partial charge in [0.1, 0.15) is 6.07 Å². The molecule has 0 saturated heterocycles. The van der Waals surface area contributed by atoms with Crippen molar-refractivity contribution in [3.63, 3.8) is 0 Å². The number of rotatable bonds is 10. The molecule has 0 spiro atoms. The molecule has 1 aromatic rings. The van der Waals surface area contributed by atoms with Gasteiger partial charge in [-0.05, 0) is 98.8 Å². The van der Waals surface area contributed by atoms with Crippen molar-refractivity contribution >= 4 is 0 Å². The van der Waals surface area contributed by atoms with Crippen molar-refractivity contribution in [3.05, 3.63) is 59.5 Å². The second-order valence-electron chi connectivity index (χ2n) is 10.2. The lowest BCUT2D eigenvalue weighted by atomic mass is 9.68. The Labute approximate surface area is 197 Å².